The van der Waals surface area contributed by atoms with Gasteiger partial charge in [-0.2, -0.15) is 10.1 Å². The summed E-state index contributed by atoms with van der Waals surface area (Å²) in [6.45, 7) is 1.94. The molecule has 17 heavy (non-hydrogen) atoms. The fourth-order valence-electron chi connectivity index (χ4n) is 1.39. The summed E-state index contributed by atoms with van der Waals surface area (Å²) in [7, 11) is 3.41. The summed E-state index contributed by atoms with van der Waals surface area (Å²) < 4.78 is 6.83. The molecule has 0 unspecified atom stereocenters. The van der Waals surface area contributed by atoms with Crippen molar-refractivity contribution in [2.24, 2.45) is 7.05 Å². The highest BCUT2D eigenvalue weighted by molar-refractivity contribution is 7.99. The fraction of sp³-hybridized carbons (Fsp3) is 0.300. The van der Waals surface area contributed by atoms with Crippen LogP contribution in [0.15, 0.2) is 22.4 Å². The molecule has 2 aromatic heterocycles. The Morgan fingerprint density at radius 2 is 2.18 bits per heavy atom. The van der Waals surface area contributed by atoms with E-state index < -0.39 is 0 Å². The predicted octanol–water partition coefficient (Wildman–Crippen LogP) is 1.26. The smallest absolute Gasteiger partial charge is 0.241 e. The summed E-state index contributed by atoms with van der Waals surface area (Å²) in [5.74, 6) is 0.390. The number of aryl methyl sites for hydroxylation is 2. The Bertz CT molecular complexity index is 539. The third-order valence-electron chi connectivity index (χ3n) is 2.16. The van der Waals surface area contributed by atoms with Gasteiger partial charge in [0.15, 0.2) is 0 Å². The average molecular weight is 251 g/mol. The van der Waals surface area contributed by atoms with Crippen LogP contribution in [0.3, 0.4) is 0 Å². The predicted molar refractivity (Wildman–Crippen MR) is 65.1 cm³/mol. The van der Waals surface area contributed by atoms with Gasteiger partial charge in [0, 0.05) is 7.05 Å². The molecular weight excluding hydrogens is 238 g/mol. The molecule has 0 amide bonds. The maximum absolute atomic E-state index is 5.90. The molecule has 0 saturated heterocycles. The minimum atomic E-state index is 0.390. The van der Waals surface area contributed by atoms with Crippen LogP contribution in [0, 0.1) is 6.92 Å². The van der Waals surface area contributed by atoms with Crippen LogP contribution >= 0.6 is 11.8 Å². The van der Waals surface area contributed by atoms with Crippen molar-refractivity contribution in [3.05, 3.63) is 18.1 Å². The zero-order valence-corrected chi connectivity index (χ0v) is 10.7. The lowest BCUT2D eigenvalue weighted by atomic mass is 10.5. The van der Waals surface area contributed by atoms with Crippen molar-refractivity contribution in [1.29, 1.82) is 0 Å². The monoisotopic (exact) mass is 251 g/mol. The summed E-state index contributed by atoms with van der Waals surface area (Å²) in [4.78, 5) is 8.07. The summed E-state index contributed by atoms with van der Waals surface area (Å²) in [5, 5.41) is 5.89. The van der Waals surface area contributed by atoms with Crippen molar-refractivity contribution in [3.8, 4) is 5.88 Å². The second-order valence-electron chi connectivity index (χ2n) is 3.45. The Balaban J connectivity index is 2.33. The van der Waals surface area contributed by atoms with Crippen molar-refractivity contribution < 1.29 is 4.74 Å². The quantitative estimate of drug-likeness (QED) is 0.827. The van der Waals surface area contributed by atoms with E-state index in [2.05, 4.69) is 15.1 Å². The fourth-order valence-corrected chi connectivity index (χ4v) is 2.29. The highest BCUT2D eigenvalue weighted by atomic mass is 32.2. The van der Waals surface area contributed by atoms with Gasteiger partial charge in [-0.3, -0.25) is 4.68 Å². The largest absolute Gasteiger partial charge is 0.479 e. The van der Waals surface area contributed by atoms with Crippen molar-refractivity contribution >= 4 is 17.4 Å². The molecule has 90 valence electrons. The summed E-state index contributed by atoms with van der Waals surface area (Å²) >= 11 is 1.44. The van der Waals surface area contributed by atoms with Crippen molar-refractivity contribution in [2.45, 2.75) is 17.0 Å². The van der Waals surface area contributed by atoms with Crippen LogP contribution in [0.2, 0.25) is 0 Å². The Kier molecular flexibility index (Phi) is 3.19. The van der Waals surface area contributed by atoms with Gasteiger partial charge >= 0.3 is 0 Å². The number of hydrogen-bond acceptors (Lipinski definition) is 6. The number of methoxy groups -OCH3 is 1. The molecule has 0 aliphatic heterocycles. The molecule has 0 radical (unpaired) electrons. The second kappa shape index (κ2) is 4.62. The maximum atomic E-state index is 5.90. The van der Waals surface area contributed by atoms with Gasteiger partial charge in [-0.1, -0.05) is 0 Å². The molecule has 0 aliphatic carbocycles. The summed E-state index contributed by atoms with van der Waals surface area (Å²) in [6.07, 6.45) is 1.43. The van der Waals surface area contributed by atoms with Crippen LogP contribution in [0.1, 0.15) is 5.69 Å². The van der Waals surface area contributed by atoms with E-state index in [0.717, 1.165) is 10.7 Å². The van der Waals surface area contributed by atoms with E-state index in [4.69, 9.17) is 10.5 Å². The number of anilines is 1. The SMILES string of the molecule is COc1ncnc(Sc2cc(C)nn2C)c1N. The van der Waals surface area contributed by atoms with Crippen molar-refractivity contribution in [2.75, 3.05) is 12.8 Å². The van der Waals surface area contributed by atoms with E-state index in [1.54, 1.807) is 4.68 Å². The molecule has 0 aromatic carbocycles. The van der Waals surface area contributed by atoms with Gasteiger partial charge < -0.3 is 10.5 Å². The molecular formula is C10H13N5OS. The number of ether oxygens (including phenoxy) is 1. The average Bonchev–Trinajstić information content (AvgIpc) is 2.60. The highest BCUT2D eigenvalue weighted by Gasteiger charge is 2.12. The first-order valence-corrected chi connectivity index (χ1v) is 5.76. The topological polar surface area (TPSA) is 78.9 Å². The van der Waals surface area contributed by atoms with Gasteiger partial charge in [-0.25, -0.2) is 4.98 Å². The lowest BCUT2D eigenvalue weighted by Crippen LogP contribution is -2.00. The number of aromatic nitrogens is 4. The van der Waals surface area contributed by atoms with Crippen LogP contribution in [-0.2, 0) is 7.05 Å². The summed E-state index contributed by atoms with van der Waals surface area (Å²) in [6, 6.07) is 1.97. The van der Waals surface area contributed by atoms with Gasteiger partial charge in [0.2, 0.25) is 5.88 Å². The van der Waals surface area contributed by atoms with E-state index in [0.29, 0.717) is 16.6 Å². The van der Waals surface area contributed by atoms with E-state index in [1.165, 1.54) is 25.2 Å². The molecule has 0 saturated carbocycles. The number of nitrogens with two attached hydrogens (primary N) is 1. The molecule has 0 spiro atoms. The number of nitrogens with zero attached hydrogens (tertiary/aromatic N) is 4. The Hall–Kier alpha value is -1.76. The lowest BCUT2D eigenvalue weighted by molar-refractivity contribution is 0.397. The van der Waals surface area contributed by atoms with E-state index in [9.17, 15) is 0 Å². The first-order valence-electron chi connectivity index (χ1n) is 4.94. The molecule has 2 N–H and O–H groups in total. The van der Waals surface area contributed by atoms with Crippen molar-refractivity contribution in [3.63, 3.8) is 0 Å². The Morgan fingerprint density at radius 3 is 2.76 bits per heavy atom. The lowest BCUT2D eigenvalue weighted by Gasteiger charge is -2.06. The Morgan fingerprint density at radius 1 is 1.41 bits per heavy atom. The molecule has 2 aromatic rings. The van der Waals surface area contributed by atoms with Gasteiger partial charge in [-0.15, -0.1) is 0 Å². The number of nitrogen functional groups attached to an aromatic ring is 1. The van der Waals surface area contributed by atoms with E-state index >= 15 is 0 Å². The second-order valence-corrected chi connectivity index (χ2v) is 4.46. The van der Waals surface area contributed by atoms with Gasteiger partial charge in [0.25, 0.3) is 0 Å². The first kappa shape index (κ1) is 11.7. The molecule has 0 bridgehead atoms. The van der Waals surface area contributed by atoms with E-state index in [-0.39, 0.29) is 0 Å². The van der Waals surface area contributed by atoms with Crippen LogP contribution < -0.4 is 10.5 Å². The normalized spacial score (nSPS) is 10.5. The molecule has 6 nitrogen and oxygen atoms in total. The van der Waals surface area contributed by atoms with Crippen LogP contribution in [0.5, 0.6) is 5.88 Å². The van der Waals surface area contributed by atoms with Gasteiger partial charge in [0.1, 0.15) is 22.1 Å². The maximum Gasteiger partial charge on any atom is 0.241 e. The minimum absolute atomic E-state index is 0.390. The third kappa shape index (κ3) is 2.33. The standard InChI is InChI=1S/C10H13N5OS/c1-6-4-7(15(2)14-6)17-10-8(11)9(16-3)12-5-13-10/h4-5H,11H2,1-3H3. The molecule has 7 heteroatoms. The van der Waals surface area contributed by atoms with Gasteiger partial charge in [0.05, 0.1) is 12.8 Å². The van der Waals surface area contributed by atoms with Crippen LogP contribution in [0.4, 0.5) is 5.69 Å². The highest BCUT2D eigenvalue weighted by Crippen LogP contribution is 2.33. The molecule has 0 atom stereocenters. The zero-order valence-electron chi connectivity index (χ0n) is 9.84. The Labute approximate surface area is 103 Å². The van der Waals surface area contributed by atoms with Crippen molar-refractivity contribution in [1.82, 2.24) is 19.7 Å². The first-order chi connectivity index (χ1) is 8.11. The summed E-state index contributed by atoms with van der Waals surface area (Å²) in [5.41, 5.74) is 7.29. The van der Waals surface area contributed by atoms with Crippen LogP contribution in [-0.4, -0.2) is 26.9 Å². The van der Waals surface area contributed by atoms with E-state index in [1.807, 2.05) is 20.0 Å². The minimum Gasteiger partial charge on any atom is -0.479 e. The number of hydrogen-bond donors (Lipinski definition) is 1. The number of rotatable bonds is 3. The molecule has 0 fully saturated rings. The van der Waals surface area contributed by atoms with Crippen LogP contribution in [0.25, 0.3) is 0 Å². The molecule has 2 rings (SSSR count). The third-order valence-corrected chi connectivity index (χ3v) is 3.27. The zero-order chi connectivity index (χ0) is 12.4. The van der Waals surface area contributed by atoms with Gasteiger partial charge in [-0.05, 0) is 24.8 Å². The molecule has 2 heterocycles. The molecule has 0 aliphatic rings.